The van der Waals surface area contributed by atoms with Gasteiger partial charge in [0.05, 0.1) is 0 Å². The molecule has 0 radical (unpaired) electrons. The van der Waals surface area contributed by atoms with Gasteiger partial charge in [-0.3, -0.25) is 14.4 Å². The van der Waals surface area contributed by atoms with Crippen LogP contribution < -0.4 is 0 Å². The van der Waals surface area contributed by atoms with Crippen molar-refractivity contribution in [1.82, 2.24) is 0 Å². The van der Waals surface area contributed by atoms with E-state index < -0.39 is 6.10 Å². The highest BCUT2D eigenvalue weighted by Gasteiger charge is 2.19. The fourth-order valence-corrected chi connectivity index (χ4v) is 6.42. The molecule has 0 aliphatic carbocycles. The maximum absolute atomic E-state index is 12.8. The first-order valence-corrected chi connectivity index (χ1v) is 24.1. The summed E-state index contributed by atoms with van der Waals surface area (Å²) in [4.78, 5) is 37.8. The Balaban J connectivity index is 4.46. The van der Waals surface area contributed by atoms with Crippen LogP contribution in [0, 0.1) is 0 Å². The molecule has 0 saturated heterocycles. The summed E-state index contributed by atoms with van der Waals surface area (Å²) in [6.07, 6.45) is 60.0. The van der Waals surface area contributed by atoms with Crippen molar-refractivity contribution in [2.75, 3.05) is 13.2 Å². The molecule has 0 fully saturated rings. The van der Waals surface area contributed by atoms with Crippen LogP contribution in [0.4, 0.5) is 0 Å². The first-order chi connectivity index (χ1) is 29.0. The molecule has 0 aliphatic heterocycles. The number of unbranched alkanes of at least 4 members (excludes halogenated alkanes) is 20. The minimum absolute atomic E-state index is 0.104. The van der Waals surface area contributed by atoms with Gasteiger partial charge in [0.1, 0.15) is 13.2 Å². The van der Waals surface area contributed by atoms with Crippen LogP contribution in [-0.4, -0.2) is 37.2 Å². The average Bonchev–Trinajstić information content (AvgIpc) is 3.23. The van der Waals surface area contributed by atoms with E-state index in [1.807, 2.05) is 24.3 Å². The zero-order chi connectivity index (χ0) is 43.0. The third-order valence-electron chi connectivity index (χ3n) is 9.99. The lowest BCUT2D eigenvalue weighted by Crippen LogP contribution is -2.30. The van der Waals surface area contributed by atoms with Crippen molar-refractivity contribution in [3.63, 3.8) is 0 Å². The molecule has 0 amide bonds. The molecule has 0 aromatic heterocycles. The Morgan fingerprint density at radius 1 is 0.373 bits per heavy atom. The van der Waals surface area contributed by atoms with Crippen LogP contribution in [0.1, 0.15) is 213 Å². The molecule has 59 heavy (non-hydrogen) atoms. The van der Waals surface area contributed by atoms with Gasteiger partial charge in [-0.05, 0) is 64.2 Å². The molecule has 0 bridgehead atoms. The molecule has 0 heterocycles. The van der Waals surface area contributed by atoms with Crippen molar-refractivity contribution in [2.45, 2.75) is 219 Å². The molecule has 0 aromatic rings. The monoisotopic (exact) mass is 821 g/mol. The maximum atomic E-state index is 12.8. The summed E-state index contributed by atoms with van der Waals surface area (Å²) < 4.78 is 16.7. The molecule has 0 N–H and O–H groups in total. The smallest absolute Gasteiger partial charge is 0.306 e. The summed E-state index contributed by atoms with van der Waals surface area (Å²) in [6.45, 7) is 6.30. The van der Waals surface area contributed by atoms with Crippen LogP contribution in [-0.2, 0) is 28.6 Å². The second kappa shape index (κ2) is 47.3. The fraction of sp³-hybridized carbons (Fsp3) is 0.679. The second-order valence-electron chi connectivity index (χ2n) is 15.7. The summed E-state index contributed by atoms with van der Waals surface area (Å²) >= 11 is 0. The predicted molar refractivity (Wildman–Crippen MR) is 251 cm³/mol. The van der Waals surface area contributed by atoms with Crippen LogP contribution >= 0.6 is 0 Å². The van der Waals surface area contributed by atoms with Gasteiger partial charge in [0.15, 0.2) is 6.10 Å². The average molecular weight is 821 g/mol. The highest BCUT2D eigenvalue weighted by Crippen LogP contribution is 2.15. The fourth-order valence-electron chi connectivity index (χ4n) is 6.42. The Morgan fingerprint density at radius 2 is 0.763 bits per heavy atom. The Morgan fingerprint density at radius 3 is 1.29 bits per heavy atom. The molecular formula is C53H88O6. The Kier molecular flexibility index (Phi) is 44.5. The van der Waals surface area contributed by atoms with Gasteiger partial charge in [-0.2, -0.15) is 0 Å². The van der Waals surface area contributed by atoms with E-state index in [4.69, 9.17) is 14.2 Å². The number of esters is 3. The molecule has 0 aliphatic rings. The Bertz CT molecular complexity index is 1170. The second-order valence-corrected chi connectivity index (χ2v) is 15.7. The highest BCUT2D eigenvalue weighted by atomic mass is 16.6. The SMILES string of the molecule is CC\C=C/C=C\C=C/C=C\CCCCCCCC(=O)OCC(COC(=O)CCC/C=C\C/C=C\C/C=C\CC)OC(=O)CCCCCCCCCCCCCCCCC. The third kappa shape index (κ3) is 45.5. The van der Waals surface area contributed by atoms with E-state index in [2.05, 4.69) is 81.5 Å². The summed E-state index contributed by atoms with van der Waals surface area (Å²) in [6, 6.07) is 0. The number of carbonyl (C=O) groups excluding carboxylic acids is 3. The van der Waals surface area contributed by atoms with Crippen LogP contribution in [0.5, 0.6) is 0 Å². The highest BCUT2D eigenvalue weighted by molar-refractivity contribution is 5.71. The van der Waals surface area contributed by atoms with Crippen molar-refractivity contribution in [3.8, 4) is 0 Å². The van der Waals surface area contributed by atoms with Gasteiger partial charge in [0.2, 0.25) is 0 Å². The first kappa shape index (κ1) is 55.6. The van der Waals surface area contributed by atoms with Gasteiger partial charge in [0.25, 0.3) is 0 Å². The first-order valence-electron chi connectivity index (χ1n) is 24.1. The topological polar surface area (TPSA) is 78.9 Å². The van der Waals surface area contributed by atoms with Gasteiger partial charge in [-0.25, -0.2) is 0 Å². The van der Waals surface area contributed by atoms with E-state index >= 15 is 0 Å². The summed E-state index contributed by atoms with van der Waals surface area (Å²) in [5.41, 5.74) is 0. The maximum Gasteiger partial charge on any atom is 0.306 e. The van der Waals surface area contributed by atoms with Crippen LogP contribution in [0.15, 0.2) is 85.1 Å². The molecule has 6 nitrogen and oxygen atoms in total. The Labute approximate surface area is 363 Å². The number of hydrogen-bond donors (Lipinski definition) is 0. The molecule has 336 valence electrons. The van der Waals surface area contributed by atoms with E-state index in [-0.39, 0.29) is 37.5 Å². The van der Waals surface area contributed by atoms with Gasteiger partial charge >= 0.3 is 17.9 Å². The van der Waals surface area contributed by atoms with E-state index in [9.17, 15) is 14.4 Å². The minimum atomic E-state index is -0.803. The van der Waals surface area contributed by atoms with Gasteiger partial charge in [-0.15, -0.1) is 0 Å². The number of ether oxygens (including phenoxy) is 3. The third-order valence-corrected chi connectivity index (χ3v) is 9.99. The van der Waals surface area contributed by atoms with Gasteiger partial charge in [0, 0.05) is 19.3 Å². The van der Waals surface area contributed by atoms with Crippen molar-refractivity contribution in [1.29, 1.82) is 0 Å². The summed E-state index contributed by atoms with van der Waals surface area (Å²) in [7, 11) is 0. The predicted octanol–water partition coefficient (Wildman–Crippen LogP) is 15.6. The quantitative estimate of drug-likeness (QED) is 0.0201. The Hall–Kier alpha value is -3.41. The number of carbonyl (C=O) groups is 3. The molecule has 0 saturated carbocycles. The molecular weight excluding hydrogens is 733 g/mol. The van der Waals surface area contributed by atoms with Crippen molar-refractivity contribution in [2.24, 2.45) is 0 Å². The lowest BCUT2D eigenvalue weighted by Gasteiger charge is -2.18. The molecule has 6 heteroatoms. The van der Waals surface area contributed by atoms with Crippen molar-refractivity contribution < 1.29 is 28.6 Å². The summed E-state index contributed by atoms with van der Waals surface area (Å²) in [5, 5.41) is 0. The molecule has 1 atom stereocenters. The van der Waals surface area contributed by atoms with E-state index in [1.54, 1.807) is 0 Å². The summed E-state index contributed by atoms with van der Waals surface area (Å²) in [5.74, 6) is -0.983. The molecule has 0 aromatic carbocycles. The van der Waals surface area contributed by atoms with Gasteiger partial charge < -0.3 is 14.2 Å². The lowest BCUT2D eigenvalue weighted by atomic mass is 10.0. The standard InChI is InChI=1S/C53H88O6/c1-4-7-10-13-16-19-22-24-26-28-31-34-37-40-43-46-52(55)58-49-50(48-57-51(54)45-42-39-36-33-30-21-18-15-12-9-6-3)59-53(56)47-44-41-38-35-32-29-27-25-23-20-17-14-11-8-5-2/h7,9-10,12-13,16,18-19,21-22,24,26,33,36,50H,4-6,8,11,14-15,17,20,23,25,27-32,34-35,37-49H2,1-3H3/b10-7-,12-9-,16-13-,21-18-,22-19-,26-24-,36-33-. The zero-order valence-corrected chi connectivity index (χ0v) is 38.2. The van der Waals surface area contributed by atoms with E-state index in [0.717, 1.165) is 89.9 Å². The van der Waals surface area contributed by atoms with Gasteiger partial charge in [-0.1, -0.05) is 215 Å². The van der Waals surface area contributed by atoms with Crippen LogP contribution in [0.3, 0.4) is 0 Å². The zero-order valence-electron chi connectivity index (χ0n) is 38.2. The van der Waals surface area contributed by atoms with Crippen molar-refractivity contribution >= 4 is 17.9 Å². The normalized spacial score (nSPS) is 12.8. The number of allylic oxidation sites excluding steroid dienone is 14. The van der Waals surface area contributed by atoms with Crippen molar-refractivity contribution in [3.05, 3.63) is 85.1 Å². The lowest BCUT2D eigenvalue weighted by molar-refractivity contribution is -0.167. The van der Waals surface area contributed by atoms with Crippen LogP contribution in [0.2, 0.25) is 0 Å². The largest absolute Gasteiger partial charge is 0.462 e. The minimum Gasteiger partial charge on any atom is -0.462 e. The molecule has 0 rings (SSSR count). The molecule has 0 spiro atoms. The van der Waals surface area contributed by atoms with E-state index in [1.165, 1.54) is 77.0 Å². The number of hydrogen-bond acceptors (Lipinski definition) is 6. The van der Waals surface area contributed by atoms with E-state index in [0.29, 0.717) is 19.3 Å². The molecule has 1 unspecified atom stereocenters. The number of rotatable bonds is 42. The van der Waals surface area contributed by atoms with Crippen LogP contribution in [0.25, 0.3) is 0 Å².